The van der Waals surface area contributed by atoms with E-state index in [1.807, 2.05) is 18.4 Å². The van der Waals surface area contributed by atoms with E-state index in [9.17, 15) is 0 Å². The summed E-state index contributed by atoms with van der Waals surface area (Å²) in [5.41, 5.74) is 9.25. The fourth-order valence-electron chi connectivity index (χ4n) is 27.1. The number of aryl methyl sites for hydroxylation is 1. The Kier molecular flexibility index (Phi) is 6.13. The summed E-state index contributed by atoms with van der Waals surface area (Å²) >= 11 is 4.04. The van der Waals surface area contributed by atoms with E-state index in [0.29, 0.717) is 18.1 Å². The van der Waals surface area contributed by atoms with Gasteiger partial charge in [0, 0.05) is 52.7 Å². The van der Waals surface area contributed by atoms with Crippen molar-refractivity contribution < 1.29 is 9.47 Å². The van der Waals surface area contributed by atoms with Crippen molar-refractivity contribution in [1.82, 2.24) is 4.90 Å². The molecule has 28 atom stereocenters. The first kappa shape index (κ1) is 34.1. The molecule has 16 aliphatic carbocycles. The molecule has 0 aromatic carbocycles. The van der Waals surface area contributed by atoms with E-state index in [-0.39, 0.29) is 0 Å². The van der Waals surface area contributed by atoms with Crippen molar-refractivity contribution in [3.8, 4) is 9.75 Å². The van der Waals surface area contributed by atoms with Crippen molar-refractivity contribution in [1.29, 1.82) is 0 Å². The van der Waals surface area contributed by atoms with E-state index >= 15 is 0 Å². The van der Waals surface area contributed by atoms with Gasteiger partial charge in [0.2, 0.25) is 0 Å². The van der Waals surface area contributed by atoms with E-state index in [4.69, 9.17) is 9.47 Å². The number of ether oxygens (including phenoxy) is 2. The summed E-state index contributed by atoms with van der Waals surface area (Å²) in [6.07, 6.45) is 15.6. The highest BCUT2D eigenvalue weighted by atomic mass is 32.1. The zero-order valence-electron chi connectivity index (χ0n) is 36.2. The average molecular weight is 848 g/mol. The van der Waals surface area contributed by atoms with Gasteiger partial charge in [-0.15, -0.1) is 22.7 Å². The quantitative estimate of drug-likeness (QED) is 0.176. The van der Waals surface area contributed by atoms with Crippen LogP contribution in [0.15, 0.2) is 51.9 Å². The van der Waals surface area contributed by atoms with Crippen LogP contribution in [0.2, 0.25) is 0 Å². The highest BCUT2D eigenvalue weighted by molar-refractivity contribution is 7.21. The SMILES string of the molecule is COCCOCCN1CC2C3=C4C5C6=C(C3)CC3CC7CC8CC9CC%10CC%11CC2(C2C4C4C5C5C(C63)C7C3C8C9C6C%10C(C4C6C35)C%112)C1CCc1ccc(-c2cccs2)s1. The Labute approximate surface area is 371 Å². The molecule has 17 aliphatic rings. The van der Waals surface area contributed by atoms with Gasteiger partial charge in [0.25, 0.3) is 0 Å². The van der Waals surface area contributed by atoms with Crippen LogP contribution in [0.1, 0.15) is 62.7 Å². The lowest BCUT2D eigenvalue weighted by Gasteiger charge is -2.62. The second-order valence-electron chi connectivity index (χ2n) is 26.1. The van der Waals surface area contributed by atoms with E-state index in [0.717, 1.165) is 138 Å². The first-order valence-electron chi connectivity index (χ1n) is 26.6. The molecule has 13 saturated carbocycles. The lowest BCUT2D eigenvalue weighted by atomic mass is 9.42. The molecule has 28 unspecified atom stereocenters. The Hall–Kier alpha value is -1.24. The van der Waals surface area contributed by atoms with Gasteiger partial charge in [0.15, 0.2) is 0 Å². The van der Waals surface area contributed by atoms with Gasteiger partial charge in [-0.25, -0.2) is 0 Å². The molecule has 14 fully saturated rings. The number of hydrogen-bond donors (Lipinski definition) is 0. The Bertz CT molecular complexity index is 2390. The molecule has 0 bridgehead atoms. The molecule has 1 spiro atoms. The Morgan fingerprint density at radius 1 is 0.672 bits per heavy atom. The predicted octanol–water partition coefficient (Wildman–Crippen LogP) is 10.7. The molecule has 61 heavy (non-hydrogen) atoms. The number of hydrogen-bond acceptors (Lipinski definition) is 5. The molecule has 3 heterocycles. The summed E-state index contributed by atoms with van der Waals surface area (Å²) < 4.78 is 11.9. The molecule has 19 rings (SSSR count). The van der Waals surface area contributed by atoms with Crippen LogP contribution in [0.5, 0.6) is 0 Å². The van der Waals surface area contributed by atoms with Crippen molar-refractivity contribution in [2.75, 3.05) is 40.0 Å². The topological polar surface area (TPSA) is 21.7 Å². The third-order valence-corrected chi connectivity index (χ3v) is 28.4. The number of rotatable bonds is 10. The van der Waals surface area contributed by atoms with Gasteiger partial charge in [-0.2, -0.15) is 0 Å². The minimum Gasteiger partial charge on any atom is -0.382 e. The van der Waals surface area contributed by atoms with E-state index in [2.05, 4.69) is 68.2 Å². The number of nitrogens with zero attached hydrogens (tertiary/aromatic N) is 1. The fraction of sp³-hybridized carbons (Fsp3) is 0.786. The largest absolute Gasteiger partial charge is 0.382 e. The lowest BCUT2D eigenvalue weighted by Crippen LogP contribution is -2.60. The summed E-state index contributed by atoms with van der Waals surface area (Å²) in [5.74, 6) is 28.3. The molecule has 3 nitrogen and oxygen atoms in total. The Morgan fingerprint density at radius 2 is 1.38 bits per heavy atom. The predicted molar refractivity (Wildman–Crippen MR) is 238 cm³/mol. The third-order valence-electron chi connectivity index (χ3n) is 26.2. The second-order valence-corrected chi connectivity index (χ2v) is 28.3. The fourth-order valence-corrected chi connectivity index (χ4v) is 28.9. The third kappa shape index (κ3) is 3.46. The minimum absolute atomic E-state index is 0.489. The summed E-state index contributed by atoms with van der Waals surface area (Å²) in [5, 5.41) is 2.26. The Morgan fingerprint density at radius 3 is 2.18 bits per heavy atom. The zero-order valence-corrected chi connectivity index (χ0v) is 37.8. The maximum atomic E-state index is 6.44. The number of methoxy groups -OCH3 is 1. The van der Waals surface area contributed by atoms with Crippen molar-refractivity contribution in [2.24, 2.45) is 159 Å². The highest BCUT2D eigenvalue weighted by Crippen LogP contribution is 2.93. The molecule has 2 aromatic rings. The van der Waals surface area contributed by atoms with Gasteiger partial charge < -0.3 is 9.47 Å². The maximum absolute atomic E-state index is 6.44. The molecular formula is C56H65NO2S2. The van der Waals surface area contributed by atoms with E-state index in [1.54, 1.807) is 43.4 Å². The summed E-state index contributed by atoms with van der Waals surface area (Å²) in [6.45, 7) is 4.81. The smallest absolute Gasteiger partial charge is 0.0700 e. The van der Waals surface area contributed by atoms with Crippen LogP contribution in [0.25, 0.3) is 9.75 Å². The molecule has 1 saturated heterocycles. The van der Waals surface area contributed by atoms with Crippen LogP contribution in [0.4, 0.5) is 0 Å². The Balaban J connectivity index is 0.822. The molecule has 5 heteroatoms. The monoisotopic (exact) mass is 847 g/mol. The highest BCUT2D eigenvalue weighted by Gasteiger charge is 2.88. The zero-order chi connectivity index (χ0) is 38.7. The lowest BCUT2D eigenvalue weighted by molar-refractivity contribution is -0.149. The first-order chi connectivity index (χ1) is 30.2. The van der Waals surface area contributed by atoms with Crippen molar-refractivity contribution in [3.05, 3.63) is 56.8 Å². The minimum atomic E-state index is 0.489. The van der Waals surface area contributed by atoms with Crippen LogP contribution in [-0.2, 0) is 15.9 Å². The van der Waals surface area contributed by atoms with Crippen LogP contribution in [0.3, 0.4) is 0 Å². The van der Waals surface area contributed by atoms with Gasteiger partial charge in [0.05, 0.1) is 19.8 Å². The van der Waals surface area contributed by atoms with Gasteiger partial charge in [-0.05, 0) is 235 Å². The molecule has 0 radical (unpaired) electrons. The van der Waals surface area contributed by atoms with E-state index in [1.165, 1.54) is 77.5 Å². The summed E-state index contributed by atoms with van der Waals surface area (Å²) in [7, 11) is 1.83. The first-order valence-corrected chi connectivity index (χ1v) is 28.3. The van der Waals surface area contributed by atoms with Crippen molar-refractivity contribution in [3.63, 3.8) is 0 Å². The van der Waals surface area contributed by atoms with Crippen LogP contribution in [0, 0.1) is 159 Å². The van der Waals surface area contributed by atoms with Gasteiger partial charge in [0.1, 0.15) is 0 Å². The molecule has 0 amide bonds. The molecule has 2 aromatic heterocycles. The maximum Gasteiger partial charge on any atom is 0.0700 e. The summed E-state index contributed by atoms with van der Waals surface area (Å²) in [6, 6.07) is 10.3. The standard InChI is InChI=1S/C56H65NO2S2/c1-58-10-11-59-9-8-57-21-31-30-19-27-17-24-15-25-14-22-13-23-16-26-18-28-20-56(31,34(57)7-5-29-4-6-33(61-29)32-3-2-12-60-32)55-41(28)46-40(26)45-36(23)35(22)43-39(25)44-37(24)38(27)47-42(30)54(55)53-51(46)49(45)48(43)50(44)52(47)53/h2-4,6,12,22-26,28,31,34-37,39-41,43-55H,5,7-11,13-21H2,1H3. The van der Waals surface area contributed by atoms with Crippen molar-refractivity contribution >= 4 is 22.7 Å². The summed E-state index contributed by atoms with van der Waals surface area (Å²) in [4.78, 5) is 7.75. The van der Waals surface area contributed by atoms with Gasteiger partial charge >= 0.3 is 0 Å². The van der Waals surface area contributed by atoms with Crippen LogP contribution in [-0.4, -0.2) is 51.0 Å². The number of allylic oxidation sites excluding steroid dienone is 3. The molecule has 1 aliphatic heterocycles. The normalized spacial score (nSPS) is 61.2. The number of thiophene rings is 2. The van der Waals surface area contributed by atoms with Gasteiger partial charge in [-0.1, -0.05) is 28.4 Å². The molecule has 0 N–H and O–H groups in total. The van der Waals surface area contributed by atoms with Crippen LogP contribution >= 0.6 is 22.7 Å². The number of likely N-dealkylation sites (tertiary alicyclic amines) is 1. The van der Waals surface area contributed by atoms with E-state index < -0.39 is 0 Å². The average Bonchev–Trinajstić information content (AvgIpc) is 4.12. The van der Waals surface area contributed by atoms with Crippen LogP contribution < -0.4 is 0 Å². The van der Waals surface area contributed by atoms with Crippen molar-refractivity contribution in [2.45, 2.75) is 70.3 Å². The number of fused-ring (bicyclic) bond motifs is 1. The molecular weight excluding hydrogens is 783 g/mol. The second kappa shape index (κ2) is 11.0. The molecule has 318 valence electrons. The van der Waals surface area contributed by atoms with Gasteiger partial charge in [-0.3, -0.25) is 4.90 Å².